The molecule has 7 nitrogen and oxygen atoms in total. The van der Waals surface area contributed by atoms with Crippen molar-refractivity contribution >= 4 is 35.3 Å². The number of ether oxygens (including phenoxy) is 2. The second-order valence-electron chi connectivity index (χ2n) is 7.69. The molecule has 0 heterocycles. The minimum Gasteiger partial charge on any atom is -0.490 e. The Morgan fingerprint density at radius 1 is 0.971 bits per heavy atom. The van der Waals surface area contributed by atoms with Gasteiger partial charge in [-0.25, -0.2) is 9.82 Å². The molecule has 3 rings (SSSR count). The van der Waals surface area contributed by atoms with Crippen molar-refractivity contribution in [2.24, 2.45) is 5.10 Å². The van der Waals surface area contributed by atoms with Crippen LogP contribution in [0.3, 0.4) is 0 Å². The molecule has 2 N–H and O–H groups in total. The van der Waals surface area contributed by atoms with Gasteiger partial charge in [0.2, 0.25) is 0 Å². The van der Waals surface area contributed by atoms with Crippen LogP contribution in [0.4, 0.5) is 10.1 Å². The van der Waals surface area contributed by atoms with E-state index < -0.39 is 17.6 Å². The Morgan fingerprint density at radius 3 is 2.40 bits per heavy atom. The van der Waals surface area contributed by atoms with Crippen LogP contribution in [-0.4, -0.2) is 24.6 Å². The van der Waals surface area contributed by atoms with E-state index in [-0.39, 0.29) is 11.6 Å². The Labute approximate surface area is 207 Å². The van der Waals surface area contributed by atoms with Crippen molar-refractivity contribution in [1.82, 2.24) is 5.43 Å². The van der Waals surface area contributed by atoms with E-state index in [0.717, 1.165) is 11.1 Å². The highest BCUT2D eigenvalue weighted by atomic mass is 35.5. The van der Waals surface area contributed by atoms with Crippen LogP contribution in [0.2, 0.25) is 5.02 Å². The van der Waals surface area contributed by atoms with Gasteiger partial charge in [-0.05, 0) is 79.9 Å². The minimum atomic E-state index is -0.901. The first-order valence-electron chi connectivity index (χ1n) is 10.8. The minimum absolute atomic E-state index is 0.123. The molecule has 0 saturated carbocycles. The van der Waals surface area contributed by atoms with E-state index in [0.29, 0.717) is 34.9 Å². The van der Waals surface area contributed by atoms with Crippen LogP contribution in [0, 0.1) is 19.7 Å². The summed E-state index contributed by atoms with van der Waals surface area (Å²) in [5, 5.41) is 6.66. The Hall–Kier alpha value is -3.91. The molecule has 35 heavy (non-hydrogen) atoms. The fraction of sp³-hybridized carbons (Fsp3) is 0.192. The average Bonchev–Trinajstić information content (AvgIpc) is 2.79. The first-order valence-corrected chi connectivity index (χ1v) is 11.2. The zero-order valence-electron chi connectivity index (χ0n) is 19.5. The van der Waals surface area contributed by atoms with Crippen molar-refractivity contribution in [3.63, 3.8) is 0 Å². The Kier molecular flexibility index (Phi) is 8.80. The van der Waals surface area contributed by atoms with Gasteiger partial charge in [-0.2, -0.15) is 5.10 Å². The van der Waals surface area contributed by atoms with Crippen molar-refractivity contribution in [3.8, 4) is 11.5 Å². The summed E-state index contributed by atoms with van der Waals surface area (Å²) in [6.45, 7) is 6.15. The van der Waals surface area contributed by atoms with Gasteiger partial charge in [0, 0.05) is 11.3 Å². The first kappa shape index (κ1) is 25.7. The van der Waals surface area contributed by atoms with Gasteiger partial charge in [0.05, 0.1) is 17.8 Å². The summed E-state index contributed by atoms with van der Waals surface area (Å²) in [6, 6.07) is 14.6. The van der Waals surface area contributed by atoms with Gasteiger partial charge in [0.25, 0.3) is 0 Å². The molecule has 2 amide bonds. The number of amides is 2. The predicted molar refractivity (Wildman–Crippen MR) is 134 cm³/mol. The topological polar surface area (TPSA) is 89.0 Å². The van der Waals surface area contributed by atoms with Crippen LogP contribution >= 0.6 is 11.6 Å². The molecule has 0 fully saturated rings. The smallest absolute Gasteiger partial charge is 0.329 e. The number of hydrogen-bond acceptors (Lipinski definition) is 5. The number of carbonyl (C=O) groups excluding carboxylic acids is 2. The third-order valence-electron chi connectivity index (χ3n) is 4.73. The number of halogens is 2. The summed E-state index contributed by atoms with van der Waals surface area (Å²) in [4.78, 5) is 24.2. The standard InChI is InChI=1S/C26H25ClFN3O4/c1-4-34-24-12-18(5-8-23(24)35-15-19-6-7-20(28)13-22(19)27)14-29-31-26(33)25(32)30-21-10-16(2)9-17(3)11-21/h5-14H,4,15H2,1-3H3,(H,30,32)(H,31,33)/b29-14+. The lowest BCUT2D eigenvalue weighted by Crippen LogP contribution is -2.32. The lowest BCUT2D eigenvalue weighted by atomic mass is 10.1. The van der Waals surface area contributed by atoms with E-state index in [1.165, 1.54) is 18.3 Å². The molecule has 0 spiro atoms. The van der Waals surface area contributed by atoms with Crippen LogP contribution in [0.15, 0.2) is 59.7 Å². The predicted octanol–water partition coefficient (Wildman–Crippen LogP) is 5.16. The van der Waals surface area contributed by atoms with Crippen molar-refractivity contribution in [2.75, 3.05) is 11.9 Å². The van der Waals surface area contributed by atoms with Gasteiger partial charge in [0.1, 0.15) is 12.4 Å². The van der Waals surface area contributed by atoms with E-state index in [4.69, 9.17) is 21.1 Å². The van der Waals surface area contributed by atoms with Crippen molar-refractivity contribution in [1.29, 1.82) is 0 Å². The Morgan fingerprint density at radius 2 is 1.71 bits per heavy atom. The second-order valence-corrected chi connectivity index (χ2v) is 8.10. The lowest BCUT2D eigenvalue weighted by Gasteiger charge is -2.13. The summed E-state index contributed by atoms with van der Waals surface area (Å²) >= 11 is 6.05. The molecule has 182 valence electrons. The van der Waals surface area contributed by atoms with Crippen LogP contribution in [-0.2, 0) is 16.2 Å². The second kappa shape index (κ2) is 12.0. The number of anilines is 1. The van der Waals surface area contributed by atoms with Crippen molar-refractivity contribution < 1.29 is 23.5 Å². The molecule has 0 atom stereocenters. The molecule has 0 aliphatic heterocycles. The molecule has 0 aromatic heterocycles. The Bertz CT molecular complexity index is 1240. The zero-order chi connectivity index (χ0) is 25.4. The lowest BCUT2D eigenvalue weighted by molar-refractivity contribution is -0.136. The van der Waals surface area contributed by atoms with E-state index in [9.17, 15) is 14.0 Å². The molecule has 0 aliphatic carbocycles. The molecule has 3 aromatic carbocycles. The van der Waals surface area contributed by atoms with E-state index in [1.54, 1.807) is 36.4 Å². The number of hydrazone groups is 1. The van der Waals surface area contributed by atoms with Crippen molar-refractivity contribution in [3.05, 3.63) is 87.7 Å². The van der Waals surface area contributed by atoms with Gasteiger partial charge in [0.15, 0.2) is 11.5 Å². The summed E-state index contributed by atoms with van der Waals surface area (Å²) in [5.41, 5.74) is 5.91. The number of rotatable bonds is 8. The largest absolute Gasteiger partial charge is 0.490 e. The van der Waals surface area contributed by atoms with Gasteiger partial charge >= 0.3 is 11.8 Å². The highest BCUT2D eigenvalue weighted by Crippen LogP contribution is 2.30. The van der Waals surface area contributed by atoms with Crippen LogP contribution in [0.1, 0.15) is 29.2 Å². The zero-order valence-corrected chi connectivity index (χ0v) is 20.3. The maximum Gasteiger partial charge on any atom is 0.329 e. The third-order valence-corrected chi connectivity index (χ3v) is 5.08. The van der Waals surface area contributed by atoms with Gasteiger partial charge in [-0.3, -0.25) is 9.59 Å². The summed E-state index contributed by atoms with van der Waals surface area (Å²) < 4.78 is 24.7. The Balaban J connectivity index is 1.61. The molecular weight excluding hydrogens is 473 g/mol. The third kappa shape index (κ3) is 7.55. The van der Waals surface area contributed by atoms with Crippen LogP contribution in [0.25, 0.3) is 0 Å². The van der Waals surface area contributed by atoms with Gasteiger partial charge < -0.3 is 14.8 Å². The maximum absolute atomic E-state index is 13.2. The van der Waals surface area contributed by atoms with Crippen LogP contribution in [0.5, 0.6) is 11.5 Å². The molecule has 3 aromatic rings. The summed E-state index contributed by atoms with van der Waals surface area (Å²) in [5.74, 6) is -1.24. The SMILES string of the molecule is CCOc1cc(/C=N/NC(=O)C(=O)Nc2cc(C)cc(C)c2)ccc1OCc1ccc(F)cc1Cl. The average molecular weight is 498 g/mol. The van der Waals surface area contributed by atoms with E-state index in [2.05, 4.69) is 15.8 Å². The molecule has 0 bridgehead atoms. The number of benzene rings is 3. The quantitative estimate of drug-likeness (QED) is 0.255. The van der Waals surface area contributed by atoms with Gasteiger partial charge in [-0.15, -0.1) is 0 Å². The number of hydrogen-bond donors (Lipinski definition) is 2. The number of aryl methyl sites for hydroxylation is 2. The highest BCUT2D eigenvalue weighted by molar-refractivity contribution is 6.39. The van der Waals surface area contributed by atoms with Gasteiger partial charge in [-0.1, -0.05) is 23.7 Å². The number of nitrogens with one attached hydrogen (secondary N) is 2. The normalized spacial score (nSPS) is 10.8. The maximum atomic E-state index is 13.2. The molecular formula is C26H25ClFN3O4. The molecule has 0 aliphatic rings. The molecule has 0 saturated heterocycles. The summed E-state index contributed by atoms with van der Waals surface area (Å²) in [7, 11) is 0. The monoisotopic (exact) mass is 497 g/mol. The van der Waals surface area contributed by atoms with Crippen LogP contribution < -0.4 is 20.2 Å². The van der Waals surface area contributed by atoms with E-state index in [1.807, 2.05) is 26.8 Å². The molecule has 0 unspecified atom stereocenters. The van der Waals surface area contributed by atoms with Crippen molar-refractivity contribution in [2.45, 2.75) is 27.4 Å². The fourth-order valence-electron chi connectivity index (χ4n) is 3.24. The number of nitrogens with zero attached hydrogens (tertiary/aromatic N) is 1. The number of carbonyl (C=O) groups is 2. The highest BCUT2D eigenvalue weighted by Gasteiger charge is 2.13. The van der Waals surface area contributed by atoms with E-state index >= 15 is 0 Å². The fourth-order valence-corrected chi connectivity index (χ4v) is 3.46. The molecule has 9 heteroatoms. The summed E-state index contributed by atoms with van der Waals surface area (Å²) in [6.07, 6.45) is 1.38. The molecule has 0 radical (unpaired) electrons. The first-order chi connectivity index (χ1) is 16.7.